The first-order valence-electron chi connectivity index (χ1n) is 6.13. The quantitative estimate of drug-likeness (QED) is 0.672. The molecule has 3 heteroatoms. The van der Waals surface area contributed by atoms with Crippen molar-refractivity contribution >= 4 is 5.91 Å². The van der Waals surface area contributed by atoms with Gasteiger partial charge in [0.15, 0.2) is 0 Å². The average Bonchev–Trinajstić information content (AvgIpc) is 3.00. The standard InChI is InChI=1S/C12H24N2O/c1-4-10(3)14-12(15)8-13-7-9(2)11-5-6-11/h9-11,13H,4-8H2,1-3H3,(H,14,15). The van der Waals surface area contributed by atoms with Crippen molar-refractivity contribution in [2.24, 2.45) is 11.8 Å². The third-order valence-corrected chi connectivity index (χ3v) is 3.20. The number of rotatable bonds is 7. The fourth-order valence-corrected chi connectivity index (χ4v) is 1.67. The van der Waals surface area contributed by atoms with Crippen molar-refractivity contribution in [2.75, 3.05) is 13.1 Å². The third-order valence-electron chi connectivity index (χ3n) is 3.20. The smallest absolute Gasteiger partial charge is 0.234 e. The van der Waals surface area contributed by atoms with Crippen LogP contribution in [0.4, 0.5) is 0 Å². The molecule has 1 rings (SSSR count). The molecular formula is C12H24N2O. The minimum atomic E-state index is 0.118. The summed E-state index contributed by atoms with van der Waals surface area (Å²) in [4.78, 5) is 11.4. The van der Waals surface area contributed by atoms with Gasteiger partial charge < -0.3 is 10.6 Å². The monoisotopic (exact) mass is 212 g/mol. The Morgan fingerprint density at radius 2 is 2.07 bits per heavy atom. The fraction of sp³-hybridized carbons (Fsp3) is 0.917. The van der Waals surface area contributed by atoms with Crippen LogP contribution in [-0.4, -0.2) is 25.0 Å². The van der Waals surface area contributed by atoms with Gasteiger partial charge >= 0.3 is 0 Å². The van der Waals surface area contributed by atoms with Gasteiger partial charge in [-0.25, -0.2) is 0 Å². The van der Waals surface area contributed by atoms with Crippen LogP contribution in [0.1, 0.15) is 40.0 Å². The van der Waals surface area contributed by atoms with Gasteiger partial charge in [0.05, 0.1) is 6.54 Å². The number of nitrogens with one attached hydrogen (secondary N) is 2. The molecule has 0 radical (unpaired) electrons. The molecule has 1 aliphatic rings. The summed E-state index contributed by atoms with van der Waals surface area (Å²) < 4.78 is 0. The largest absolute Gasteiger partial charge is 0.353 e. The maximum absolute atomic E-state index is 11.4. The summed E-state index contributed by atoms with van der Waals surface area (Å²) >= 11 is 0. The lowest BCUT2D eigenvalue weighted by Gasteiger charge is -2.14. The lowest BCUT2D eigenvalue weighted by Crippen LogP contribution is -2.39. The Morgan fingerprint density at radius 3 is 2.60 bits per heavy atom. The van der Waals surface area contributed by atoms with Crippen LogP contribution in [-0.2, 0) is 4.79 Å². The number of carbonyl (C=O) groups excluding carboxylic acids is 1. The van der Waals surface area contributed by atoms with Gasteiger partial charge in [-0.2, -0.15) is 0 Å². The van der Waals surface area contributed by atoms with E-state index < -0.39 is 0 Å². The van der Waals surface area contributed by atoms with E-state index in [0.717, 1.165) is 24.8 Å². The molecule has 0 aliphatic heterocycles. The molecule has 0 aromatic rings. The Kier molecular flexibility index (Phi) is 5.09. The second-order valence-electron chi connectivity index (χ2n) is 4.82. The highest BCUT2D eigenvalue weighted by Crippen LogP contribution is 2.35. The van der Waals surface area contributed by atoms with Gasteiger partial charge in [-0.05, 0) is 44.6 Å². The number of carbonyl (C=O) groups is 1. The van der Waals surface area contributed by atoms with Crippen molar-refractivity contribution < 1.29 is 4.79 Å². The van der Waals surface area contributed by atoms with E-state index in [1.54, 1.807) is 0 Å². The molecule has 0 spiro atoms. The molecule has 2 atom stereocenters. The van der Waals surface area contributed by atoms with Crippen molar-refractivity contribution in [2.45, 2.75) is 46.1 Å². The Balaban J connectivity index is 2.00. The minimum Gasteiger partial charge on any atom is -0.353 e. The van der Waals surface area contributed by atoms with Crippen LogP contribution in [0.15, 0.2) is 0 Å². The zero-order valence-corrected chi connectivity index (χ0v) is 10.2. The summed E-state index contributed by atoms with van der Waals surface area (Å²) in [5, 5.41) is 6.17. The Morgan fingerprint density at radius 1 is 1.40 bits per heavy atom. The molecule has 2 unspecified atom stereocenters. The molecule has 0 saturated heterocycles. The summed E-state index contributed by atoms with van der Waals surface area (Å²) in [6, 6.07) is 0.292. The fourth-order valence-electron chi connectivity index (χ4n) is 1.67. The number of amides is 1. The zero-order chi connectivity index (χ0) is 11.3. The van der Waals surface area contributed by atoms with Gasteiger partial charge in [0.2, 0.25) is 5.91 Å². The highest BCUT2D eigenvalue weighted by atomic mass is 16.1. The van der Waals surface area contributed by atoms with Crippen molar-refractivity contribution in [3.05, 3.63) is 0 Å². The second kappa shape index (κ2) is 6.11. The Bertz CT molecular complexity index is 202. The van der Waals surface area contributed by atoms with Crippen LogP contribution in [0, 0.1) is 11.8 Å². The average molecular weight is 212 g/mol. The van der Waals surface area contributed by atoms with Crippen molar-refractivity contribution in [3.63, 3.8) is 0 Å². The topological polar surface area (TPSA) is 41.1 Å². The molecule has 0 aromatic carbocycles. The molecule has 1 aliphatic carbocycles. The number of hydrogen-bond acceptors (Lipinski definition) is 2. The van der Waals surface area contributed by atoms with E-state index in [0.29, 0.717) is 12.6 Å². The minimum absolute atomic E-state index is 0.118. The van der Waals surface area contributed by atoms with Crippen LogP contribution < -0.4 is 10.6 Å². The molecule has 0 bridgehead atoms. The zero-order valence-electron chi connectivity index (χ0n) is 10.2. The van der Waals surface area contributed by atoms with Crippen LogP contribution >= 0.6 is 0 Å². The van der Waals surface area contributed by atoms with E-state index in [4.69, 9.17) is 0 Å². The first kappa shape index (κ1) is 12.5. The predicted octanol–water partition coefficient (Wildman–Crippen LogP) is 1.54. The van der Waals surface area contributed by atoms with Crippen LogP contribution in [0.3, 0.4) is 0 Å². The summed E-state index contributed by atoms with van der Waals surface area (Å²) in [7, 11) is 0. The number of hydrogen-bond donors (Lipinski definition) is 2. The van der Waals surface area contributed by atoms with Crippen molar-refractivity contribution in [1.82, 2.24) is 10.6 Å². The maximum atomic E-state index is 11.4. The van der Waals surface area contributed by atoms with Crippen LogP contribution in [0.5, 0.6) is 0 Å². The molecule has 0 aromatic heterocycles. The Labute approximate surface area is 93.0 Å². The highest BCUT2D eigenvalue weighted by molar-refractivity contribution is 5.78. The molecule has 0 heterocycles. The lowest BCUT2D eigenvalue weighted by molar-refractivity contribution is -0.120. The molecule has 2 N–H and O–H groups in total. The molecule has 88 valence electrons. The molecule has 1 fully saturated rings. The SMILES string of the molecule is CCC(C)NC(=O)CNCC(C)C1CC1. The van der Waals surface area contributed by atoms with E-state index in [-0.39, 0.29) is 5.91 Å². The first-order chi connectivity index (χ1) is 7.13. The predicted molar refractivity (Wildman–Crippen MR) is 62.7 cm³/mol. The van der Waals surface area contributed by atoms with E-state index in [1.807, 2.05) is 6.92 Å². The molecule has 1 saturated carbocycles. The van der Waals surface area contributed by atoms with Gasteiger partial charge in [-0.15, -0.1) is 0 Å². The third kappa shape index (κ3) is 5.17. The molecule has 15 heavy (non-hydrogen) atoms. The molecule has 1 amide bonds. The van der Waals surface area contributed by atoms with Crippen LogP contribution in [0.2, 0.25) is 0 Å². The highest BCUT2D eigenvalue weighted by Gasteiger charge is 2.27. The first-order valence-corrected chi connectivity index (χ1v) is 6.13. The summed E-state index contributed by atoms with van der Waals surface area (Å²) in [5.41, 5.74) is 0. The maximum Gasteiger partial charge on any atom is 0.234 e. The van der Waals surface area contributed by atoms with Gasteiger partial charge in [0.25, 0.3) is 0 Å². The van der Waals surface area contributed by atoms with E-state index >= 15 is 0 Å². The van der Waals surface area contributed by atoms with E-state index in [9.17, 15) is 4.79 Å². The second-order valence-corrected chi connectivity index (χ2v) is 4.82. The summed E-state index contributed by atoms with van der Waals surface area (Å²) in [5.74, 6) is 1.75. The van der Waals surface area contributed by atoms with Gasteiger partial charge in [-0.3, -0.25) is 4.79 Å². The molecule has 3 nitrogen and oxygen atoms in total. The Hall–Kier alpha value is -0.570. The normalized spacial score (nSPS) is 19.7. The lowest BCUT2D eigenvalue weighted by atomic mass is 10.1. The summed E-state index contributed by atoms with van der Waals surface area (Å²) in [6.07, 6.45) is 3.74. The van der Waals surface area contributed by atoms with Crippen molar-refractivity contribution in [3.8, 4) is 0 Å². The van der Waals surface area contributed by atoms with Gasteiger partial charge in [-0.1, -0.05) is 13.8 Å². The summed E-state index contributed by atoms with van der Waals surface area (Å²) in [6.45, 7) is 7.80. The van der Waals surface area contributed by atoms with Crippen LogP contribution in [0.25, 0.3) is 0 Å². The van der Waals surface area contributed by atoms with Crippen molar-refractivity contribution in [1.29, 1.82) is 0 Å². The van der Waals surface area contributed by atoms with E-state index in [2.05, 4.69) is 24.5 Å². The van der Waals surface area contributed by atoms with E-state index in [1.165, 1.54) is 12.8 Å². The van der Waals surface area contributed by atoms with Gasteiger partial charge in [0.1, 0.15) is 0 Å². The van der Waals surface area contributed by atoms with Gasteiger partial charge in [0, 0.05) is 6.04 Å². The molecular weight excluding hydrogens is 188 g/mol.